The van der Waals surface area contributed by atoms with E-state index >= 15 is 0 Å². The van der Waals surface area contributed by atoms with Crippen LogP contribution >= 0.6 is 0 Å². The summed E-state index contributed by atoms with van der Waals surface area (Å²) in [5, 5.41) is 0. The number of carbonyl (C=O) groups excluding carboxylic acids is 1. The van der Waals surface area contributed by atoms with Crippen molar-refractivity contribution in [3.05, 3.63) is 12.2 Å². The third kappa shape index (κ3) is 11.4. The smallest absolute Gasteiger partial charge is 0.152 e. The molecule has 0 radical (unpaired) electrons. The van der Waals surface area contributed by atoms with Crippen LogP contribution in [-0.4, -0.2) is 43.5 Å². The van der Waals surface area contributed by atoms with Gasteiger partial charge in [-0.25, -0.2) is 0 Å². The molecule has 0 bridgehead atoms. The van der Waals surface area contributed by atoms with Crippen molar-refractivity contribution in [2.24, 2.45) is 0 Å². The van der Waals surface area contributed by atoms with Gasteiger partial charge < -0.3 is 4.74 Å². The minimum atomic E-state index is 0.114. The second kappa shape index (κ2) is 14.3. The second-order valence-electron chi connectivity index (χ2n) is 2.93. The Morgan fingerprint density at radius 3 is 2.12 bits per heavy atom. The highest BCUT2D eigenvalue weighted by Crippen LogP contribution is 1.95. The van der Waals surface area contributed by atoms with Crippen molar-refractivity contribution < 1.29 is 9.53 Å². The summed E-state index contributed by atoms with van der Waals surface area (Å²) in [6.45, 7) is 14.0. The number of hydrogen-bond acceptors (Lipinski definition) is 3. The number of hydrogen-bond donors (Lipinski definition) is 0. The number of nitrogens with zero attached hydrogens (tertiary/aromatic N) is 1. The summed E-state index contributed by atoms with van der Waals surface area (Å²) in [5.41, 5.74) is 0. The quantitative estimate of drug-likeness (QED) is 0.696. The lowest BCUT2D eigenvalue weighted by molar-refractivity contribution is -0.112. The Hall–Kier alpha value is -0.670. The molecule has 0 amide bonds. The van der Waals surface area contributed by atoms with E-state index in [-0.39, 0.29) is 5.78 Å². The number of allylic oxidation sites excluding steroid dienone is 1. The molecule has 16 heavy (non-hydrogen) atoms. The maximum Gasteiger partial charge on any atom is 0.152 e. The predicted octanol–water partition coefficient (Wildman–Crippen LogP) is 2.52. The Morgan fingerprint density at radius 1 is 1.19 bits per heavy atom. The summed E-state index contributed by atoms with van der Waals surface area (Å²) in [7, 11) is 0. The molecule has 0 spiro atoms. The van der Waals surface area contributed by atoms with Crippen molar-refractivity contribution in [2.45, 2.75) is 34.6 Å². The van der Waals surface area contributed by atoms with Gasteiger partial charge in [0, 0.05) is 19.6 Å². The molecule has 1 aliphatic heterocycles. The molecule has 1 saturated heterocycles. The molecule has 96 valence electrons. The summed E-state index contributed by atoms with van der Waals surface area (Å²) in [5.74, 6) is 0.114. The van der Waals surface area contributed by atoms with Crippen LogP contribution in [-0.2, 0) is 9.53 Å². The van der Waals surface area contributed by atoms with Crippen LogP contribution in [0.1, 0.15) is 34.6 Å². The van der Waals surface area contributed by atoms with Gasteiger partial charge in [-0.3, -0.25) is 9.69 Å². The maximum absolute atomic E-state index is 10.6. The lowest BCUT2D eigenvalue weighted by atomic mass is 10.3. The summed E-state index contributed by atoms with van der Waals surface area (Å²) in [4.78, 5) is 12.8. The lowest BCUT2D eigenvalue weighted by Crippen LogP contribution is -2.36. The van der Waals surface area contributed by atoms with E-state index in [0.717, 1.165) is 32.8 Å². The maximum atomic E-state index is 10.6. The molecule has 0 unspecified atom stereocenters. The molecule has 3 heteroatoms. The van der Waals surface area contributed by atoms with Crippen LogP contribution in [0.4, 0.5) is 0 Å². The van der Waals surface area contributed by atoms with Crippen molar-refractivity contribution in [3.8, 4) is 0 Å². The fourth-order valence-corrected chi connectivity index (χ4v) is 1.15. The zero-order chi connectivity index (χ0) is 12.8. The number of ether oxygens (including phenoxy) is 1. The molecule has 0 aromatic carbocycles. The van der Waals surface area contributed by atoms with Crippen molar-refractivity contribution in [1.82, 2.24) is 4.90 Å². The van der Waals surface area contributed by atoms with Crippen LogP contribution in [0.3, 0.4) is 0 Å². The first-order valence-electron chi connectivity index (χ1n) is 6.26. The van der Waals surface area contributed by atoms with Gasteiger partial charge in [-0.1, -0.05) is 33.8 Å². The molecule has 0 N–H and O–H groups in total. The molecule has 0 aromatic heterocycles. The van der Waals surface area contributed by atoms with Gasteiger partial charge in [0.2, 0.25) is 0 Å². The van der Waals surface area contributed by atoms with Gasteiger partial charge in [0.1, 0.15) is 0 Å². The fourth-order valence-electron chi connectivity index (χ4n) is 1.15. The molecular formula is C13H27NO2. The first-order chi connectivity index (χ1) is 7.79. The Morgan fingerprint density at radius 2 is 1.69 bits per heavy atom. The van der Waals surface area contributed by atoms with E-state index < -0.39 is 0 Å². The molecular weight excluding hydrogens is 202 g/mol. The Kier molecular flexibility index (Phi) is 15.9. The van der Waals surface area contributed by atoms with Crippen molar-refractivity contribution in [1.29, 1.82) is 0 Å². The summed E-state index contributed by atoms with van der Waals surface area (Å²) < 4.78 is 5.19. The molecule has 0 saturated carbocycles. The molecule has 1 rings (SSSR count). The SMILES string of the molecule is CC.CC.CC(=O)/C=C/CN1CCOCC1. The van der Waals surface area contributed by atoms with Crippen LogP contribution in [0.25, 0.3) is 0 Å². The van der Waals surface area contributed by atoms with Gasteiger partial charge in [0.05, 0.1) is 13.2 Å². The van der Waals surface area contributed by atoms with Crippen LogP contribution in [0.2, 0.25) is 0 Å². The average molecular weight is 229 g/mol. The van der Waals surface area contributed by atoms with Gasteiger partial charge in [0.25, 0.3) is 0 Å². The molecule has 1 aliphatic rings. The van der Waals surface area contributed by atoms with E-state index in [9.17, 15) is 4.79 Å². The third-order valence-electron chi connectivity index (χ3n) is 1.82. The minimum absolute atomic E-state index is 0.114. The molecule has 3 nitrogen and oxygen atoms in total. The van der Waals surface area contributed by atoms with Gasteiger partial charge in [-0.05, 0) is 13.0 Å². The van der Waals surface area contributed by atoms with Crippen molar-refractivity contribution in [2.75, 3.05) is 32.8 Å². The topological polar surface area (TPSA) is 29.5 Å². The normalized spacial score (nSPS) is 15.8. The summed E-state index contributed by atoms with van der Waals surface area (Å²) in [6, 6.07) is 0. The molecule has 0 atom stereocenters. The number of morpholine rings is 1. The van der Waals surface area contributed by atoms with E-state index in [4.69, 9.17) is 4.74 Å². The van der Waals surface area contributed by atoms with E-state index in [1.807, 2.05) is 33.8 Å². The zero-order valence-corrected chi connectivity index (χ0v) is 11.5. The monoisotopic (exact) mass is 229 g/mol. The van der Waals surface area contributed by atoms with Crippen LogP contribution in [0.5, 0.6) is 0 Å². The standard InChI is InChI=1S/C9H15NO2.2C2H6/c1-9(11)3-2-4-10-5-7-12-8-6-10;2*1-2/h2-3H,4-8H2,1H3;2*1-2H3/b3-2+;;. The van der Waals surface area contributed by atoms with E-state index in [2.05, 4.69) is 4.90 Å². The lowest BCUT2D eigenvalue weighted by Gasteiger charge is -2.24. The zero-order valence-electron chi connectivity index (χ0n) is 11.5. The van der Waals surface area contributed by atoms with E-state index in [1.54, 1.807) is 13.0 Å². The fraction of sp³-hybridized carbons (Fsp3) is 0.769. The molecule has 1 fully saturated rings. The highest BCUT2D eigenvalue weighted by molar-refractivity contribution is 5.87. The largest absolute Gasteiger partial charge is 0.379 e. The van der Waals surface area contributed by atoms with Crippen LogP contribution in [0.15, 0.2) is 12.2 Å². The Bertz CT molecular complexity index is 173. The highest BCUT2D eigenvalue weighted by Gasteiger charge is 2.07. The predicted molar refractivity (Wildman–Crippen MR) is 69.8 cm³/mol. The number of rotatable bonds is 3. The van der Waals surface area contributed by atoms with Gasteiger partial charge in [0.15, 0.2) is 5.78 Å². The minimum Gasteiger partial charge on any atom is -0.379 e. The average Bonchev–Trinajstić information content (AvgIpc) is 2.35. The first kappa shape index (κ1) is 17.7. The van der Waals surface area contributed by atoms with Gasteiger partial charge in [-0.2, -0.15) is 0 Å². The third-order valence-corrected chi connectivity index (χ3v) is 1.82. The summed E-state index contributed by atoms with van der Waals surface area (Å²) in [6.07, 6.45) is 3.53. The first-order valence-corrected chi connectivity index (χ1v) is 6.26. The molecule has 1 heterocycles. The Labute approximate surface area is 100 Å². The van der Waals surface area contributed by atoms with Crippen molar-refractivity contribution in [3.63, 3.8) is 0 Å². The number of carbonyl (C=O) groups is 1. The molecule has 0 aromatic rings. The van der Waals surface area contributed by atoms with E-state index in [1.165, 1.54) is 0 Å². The second-order valence-corrected chi connectivity index (χ2v) is 2.93. The number of ketones is 1. The highest BCUT2D eigenvalue weighted by atomic mass is 16.5. The van der Waals surface area contributed by atoms with Crippen LogP contribution < -0.4 is 0 Å². The summed E-state index contributed by atoms with van der Waals surface area (Å²) >= 11 is 0. The van der Waals surface area contributed by atoms with Crippen LogP contribution in [0, 0.1) is 0 Å². The molecule has 0 aliphatic carbocycles. The van der Waals surface area contributed by atoms with E-state index in [0.29, 0.717) is 0 Å². The Balaban J connectivity index is 0. The van der Waals surface area contributed by atoms with Gasteiger partial charge in [-0.15, -0.1) is 0 Å². The van der Waals surface area contributed by atoms with Gasteiger partial charge >= 0.3 is 0 Å². The van der Waals surface area contributed by atoms with Crippen molar-refractivity contribution >= 4 is 5.78 Å².